The molecule has 0 spiro atoms. The van der Waals surface area contributed by atoms with Gasteiger partial charge in [-0.2, -0.15) is 11.8 Å². The van der Waals surface area contributed by atoms with Crippen molar-refractivity contribution in [2.45, 2.75) is 25.8 Å². The molecule has 2 atom stereocenters. The van der Waals surface area contributed by atoms with E-state index in [2.05, 4.69) is 15.0 Å². The molecule has 8 nitrogen and oxygen atoms in total. The summed E-state index contributed by atoms with van der Waals surface area (Å²) in [4.78, 5) is 37.6. The zero-order chi connectivity index (χ0) is 17.9. The lowest BCUT2D eigenvalue weighted by Crippen LogP contribution is -2.49. The van der Waals surface area contributed by atoms with E-state index in [9.17, 15) is 9.59 Å². The van der Waals surface area contributed by atoms with E-state index < -0.39 is 5.54 Å². The third kappa shape index (κ3) is 3.08. The van der Waals surface area contributed by atoms with E-state index in [-0.39, 0.29) is 30.9 Å². The van der Waals surface area contributed by atoms with Crippen molar-refractivity contribution >= 4 is 34.9 Å². The van der Waals surface area contributed by atoms with Gasteiger partial charge in [0.15, 0.2) is 11.2 Å². The highest BCUT2D eigenvalue weighted by Crippen LogP contribution is 2.44. The average molecular weight is 364 g/mol. The molecule has 1 fully saturated rings. The van der Waals surface area contributed by atoms with Gasteiger partial charge in [0.25, 0.3) is 0 Å². The van der Waals surface area contributed by atoms with E-state index in [1.807, 2.05) is 0 Å². The molecule has 0 radical (unpaired) electrons. The first kappa shape index (κ1) is 17.7. The fourth-order valence-corrected chi connectivity index (χ4v) is 4.77. The molecule has 0 aromatic carbocycles. The third-order valence-corrected chi connectivity index (χ3v) is 5.59. The zero-order valence-corrected chi connectivity index (χ0v) is 15.0. The number of carbonyl (C=O) groups excluding carboxylic acids is 2. The Labute approximate surface area is 149 Å². The van der Waals surface area contributed by atoms with Crippen molar-refractivity contribution in [3.05, 3.63) is 18.9 Å². The monoisotopic (exact) mass is 364 g/mol. The first-order chi connectivity index (χ1) is 12.1. The van der Waals surface area contributed by atoms with Crippen LogP contribution in [0.2, 0.25) is 0 Å². The van der Waals surface area contributed by atoms with Gasteiger partial charge < -0.3 is 9.47 Å². The highest BCUT2D eigenvalue weighted by atomic mass is 32.2. The van der Waals surface area contributed by atoms with Crippen LogP contribution in [0.15, 0.2) is 18.9 Å². The lowest BCUT2D eigenvalue weighted by molar-refractivity contribution is -0.156. The van der Waals surface area contributed by atoms with E-state index in [4.69, 9.17) is 9.47 Å². The van der Waals surface area contributed by atoms with Crippen molar-refractivity contribution in [2.24, 2.45) is 5.92 Å². The lowest BCUT2D eigenvalue weighted by Gasteiger charge is -2.33. The molecule has 0 amide bonds. The van der Waals surface area contributed by atoms with Crippen LogP contribution in [0.1, 0.15) is 20.3 Å². The van der Waals surface area contributed by atoms with Crippen molar-refractivity contribution in [3.63, 3.8) is 0 Å². The summed E-state index contributed by atoms with van der Waals surface area (Å²) in [6.07, 6.45) is 4.74. The van der Waals surface area contributed by atoms with Crippen LogP contribution in [0, 0.1) is 5.92 Å². The molecule has 1 saturated heterocycles. The van der Waals surface area contributed by atoms with E-state index >= 15 is 0 Å². The van der Waals surface area contributed by atoms with Gasteiger partial charge in [-0.25, -0.2) is 19.7 Å². The molecule has 2 unspecified atom stereocenters. The van der Waals surface area contributed by atoms with Gasteiger partial charge in [-0.05, 0) is 19.6 Å². The van der Waals surface area contributed by atoms with E-state index in [1.165, 1.54) is 6.33 Å². The minimum Gasteiger partial charge on any atom is -0.466 e. The van der Waals surface area contributed by atoms with Crippen LogP contribution in [0.4, 0.5) is 0 Å². The van der Waals surface area contributed by atoms with Crippen LogP contribution in [-0.4, -0.2) is 56.2 Å². The molecule has 1 aliphatic rings. The summed E-state index contributed by atoms with van der Waals surface area (Å²) < 4.78 is 12.2. The maximum atomic E-state index is 13.0. The number of imidazole rings is 1. The van der Waals surface area contributed by atoms with Gasteiger partial charge in [0.05, 0.1) is 32.2 Å². The molecule has 0 saturated carbocycles. The normalized spacial score (nSPS) is 22.9. The third-order valence-electron chi connectivity index (χ3n) is 4.31. The largest absolute Gasteiger partial charge is 0.466 e. The number of nitrogens with zero attached hydrogens (tertiary/aromatic N) is 4. The van der Waals surface area contributed by atoms with E-state index in [0.29, 0.717) is 29.3 Å². The second kappa shape index (κ2) is 7.38. The smallest absolute Gasteiger partial charge is 0.333 e. The Hall–Kier alpha value is -2.16. The van der Waals surface area contributed by atoms with Crippen LogP contribution in [-0.2, 0) is 24.6 Å². The summed E-state index contributed by atoms with van der Waals surface area (Å²) in [6.45, 7) is 4.10. The summed E-state index contributed by atoms with van der Waals surface area (Å²) in [5, 5.41) is 0. The summed E-state index contributed by atoms with van der Waals surface area (Å²) in [6, 6.07) is 0. The standard InChI is InChI=1S/C16H20N4O4S/c1-3-23-13(21)5-11-7-25-8-16(11,15(22)24-4-2)20-10-19-12-6-17-9-18-14(12)20/h6,9-11H,3-5,7-8H2,1-2H3. The maximum absolute atomic E-state index is 13.0. The molecular formula is C16H20N4O4S. The van der Waals surface area contributed by atoms with Gasteiger partial charge in [0, 0.05) is 11.7 Å². The number of aromatic nitrogens is 4. The Morgan fingerprint density at radius 2 is 2.12 bits per heavy atom. The zero-order valence-electron chi connectivity index (χ0n) is 14.2. The van der Waals surface area contributed by atoms with Crippen LogP contribution < -0.4 is 0 Å². The Balaban J connectivity index is 2.07. The van der Waals surface area contributed by atoms with Crippen molar-refractivity contribution in [3.8, 4) is 0 Å². The first-order valence-electron chi connectivity index (χ1n) is 8.17. The molecule has 25 heavy (non-hydrogen) atoms. The number of hydrogen-bond acceptors (Lipinski definition) is 8. The average Bonchev–Trinajstić information content (AvgIpc) is 3.20. The van der Waals surface area contributed by atoms with Gasteiger partial charge in [0.1, 0.15) is 11.8 Å². The molecule has 0 N–H and O–H groups in total. The molecule has 0 bridgehead atoms. The fourth-order valence-electron chi connectivity index (χ4n) is 3.17. The second-order valence-corrected chi connectivity index (χ2v) is 6.74. The molecule has 3 heterocycles. The van der Waals surface area contributed by atoms with E-state index in [0.717, 1.165) is 0 Å². The Kier molecular flexibility index (Phi) is 5.22. The van der Waals surface area contributed by atoms with Crippen LogP contribution in [0.5, 0.6) is 0 Å². The number of esters is 2. The van der Waals surface area contributed by atoms with Crippen LogP contribution >= 0.6 is 11.8 Å². The predicted molar refractivity (Wildman–Crippen MR) is 92.0 cm³/mol. The Bertz CT molecular complexity index is 780. The summed E-state index contributed by atoms with van der Waals surface area (Å²) in [5.41, 5.74) is 0.119. The molecular weight excluding hydrogens is 344 g/mol. The highest BCUT2D eigenvalue weighted by molar-refractivity contribution is 7.99. The minimum atomic E-state index is -1.03. The van der Waals surface area contributed by atoms with Gasteiger partial charge in [0.2, 0.25) is 0 Å². The predicted octanol–water partition coefficient (Wildman–Crippen LogP) is 1.40. The van der Waals surface area contributed by atoms with Crippen molar-refractivity contribution in [2.75, 3.05) is 24.7 Å². The van der Waals surface area contributed by atoms with Crippen LogP contribution in [0.25, 0.3) is 11.2 Å². The number of ether oxygens (including phenoxy) is 2. The highest BCUT2D eigenvalue weighted by Gasteiger charge is 2.54. The Morgan fingerprint density at radius 1 is 1.32 bits per heavy atom. The first-order valence-corrected chi connectivity index (χ1v) is 9.33. The fraction of sp³-hybridized carbons (Fsp3) is 0.562. The lowest BCUT2D eigenvalue weighted by atomic mass is 9.84. The minimum absolute atomic E-state index is 0.143. The van der Waals surface area contributed by atoms with Gasteiger partial charge in [-0.3, -0.25) is 9.36 Å². The molecule has 9 heteroatoms. The summed E-state index contributed by atoms with van der Waals surface area (Å²) in [7, 11) is 0. The molecule has 2 aromatic rings. The molecule has 134 valence electrons. The molecule has 2 aromatic heterocycles. The van der Waals surface area contributed by atoms with Crippen molar-refractivity contribution in [1.82, 2.24) is 19.5 Å². The van der Waals surface area contributed by atoms with Gasteiger partial charge in [-0.1, -0.05) is 0 Å². The van der Waals surface area contributed by atoms with Gasteiger partial charge in [-0.15, -0.1) is 0 Å². The number of fused-ring (bicyclic) bond motifs is 1. The van der Waals surface area contributed by atoms with E-state index in [1.54, 1.807) is 42.7 Å². The number of thioether (sulfide) groups is 1. The number of carbonyl (C=O) groups is 2. The Morgan fingerprint density at radius 3 is 2.88 bits per heavy atom. The van der Waals surface area contributed by atoms with Crippen LogP contribution in [0.3, 0.4) is 0 Å². The molecule has 0 aliphatic carbocycles. The number of hydrogen-bond donors (Lipinski definition) is 0. The van der Waals surface area contributed by atoms with Gasteiger partial charge >= 0.3 is 11.9 Å². The quantitative estimate of drug-likeness (QED) is 0.710. The second-order valence-electron chi connectivity index (χ2n) is 5.71. The SMILES string of the molecule is CCOC(=O)CC1CSCC1(C(=O)OCC)n1cnc2cncnc21. The summed E-state index contributed by atoms with van der Waals surface area (Å²) in [5.74, 6) is 0.200. The summed E-state index contributed by atoms with van der Waals surface area (Å²) >= 11 is 1.61. The maximum Gasteiger partial charge on any atom is 0.333 e. The van der Waals surface area contributed by atoms with Crippen molar-refractivity contribution in [1.29, 1.82) is 0 Å². The molecule has 1 aliphatic heterocycles. The number of rotatable bonds is 6. The molecule has 3 rings (SSSR count). The topological polar surface area (TPSA) is 96.2 Å². The van der Waals surface area contributed by atoms with Crippen molar-refractivity contribution < 1.29 is 19.1 Å².